The Hall–Kier alpha value is -1.11. The van der Waals surface area contributed by atoms with Gasteiger partial charge in [-0.15, -0.1) is 0 Å². The minimum Gasteiger partial charge on any atom is -0.487 e. The van der Waals surface area contributed by atoms with Gasteiger partial charge >= 0.3 is 0 Å². The van der Waals surface area contributed by atoms with E-state index in [1.165, 1.54) is 6.26 Å². The molecule has 0 N–H and O–H groups in total. The van der Waals surface area contributed by atoms with Gasteiger partial charge in [-0.2, -0.15) is 4.31 Å². The molecular formula is C18H29NO4S. The predicted molar refractivity (Wildman–Crippen MR) is 95.9 cm³/mol. The third-order valence-corrected chi connectivity index (χ3v) is 5.53. The van der Waals surface area contributed by atoms with Crippen LogP contribution < -0.4 is 4.74 Å². The third-order valence-electron chi connectivity index (χ3n) is 4.24. The highest BCUT2D eigenvalue weighted by atomic mass is 32.2. The summed E-state index contributed by atoms with van der Waals surface area (Å²) in [6.45, 7) is 9.62. The molecule has 1 aromatic rings. The molecule has 1 aliphatic rings. The van der Waals surface area contributed by atoms with Gasteiger partial charge in [-0.1, -0.05) is 17.7 Å². The maximum Gasteiger partial charge on any atom is 0.211 e. The zero-order valence-corrected chi connectivity index (χ0v) is 16.1. The van der Waals surface area contributed by atoms with Crippen molar-refractivity contribution in [2.45, 2.75) is 52.2 Å². The van der Waals surface area contributed by atoms with Gasteiger partial charge in [0.25, 0.3) is 0 Å². The summed E-state index contributed by atoms with van der Waals surface area (Å²) >= 11 is 0. The number of nitrogens with zero attached hydrogens (tertiary/aromatic N) is 1. The molecule has 1 aromatic carbocycles. The highest BCUT2D eigenvalue weighted by Crippen LogP contribution is 2.43. The van der Waals surface area contributed by atoms with Crippen molar-refractivity contribution in [1.29, 1.82) is 0 Å². The largest absolute Gasteiger partial charge is 0.487 e. The Balaban J connectivity index is 2.36. The number of hydrogen-bond acceptors (Lipinski definition) is 4. The second kappa shape index (κ2) is 7.42. The van der Waals surface area contributed by atoms with E-state index in [2.05, 4.69) is 0 Å². The summed E-state index contributed by atoms with van der Waals surface area (Å²) in [7, 11) is -3.34. The highest BCUT2D eigenvalue weighted by Gasteiger charge is 2.39. The van der Waals surface area contributed by atoms with E-state index in [0.717, 1.165) is 16.9 Å². The van der Waals surface area contributed by atoms with Crippen molar-refractivity contribution in [3.63, 3.8) is 0 Å². The molecule has 24 heavy (non-hydrogen) atoms. The van der Waals surface area contributed by atoms with Crippen LogP contribution in [0, 0.1) is 6.92 Å². The Bertz CT molecular complexity index is 670. The standard InChI is InChI=1S/C18H29NO4S/c1-6-22-11-7-10-19(24(5,20)21)16-13-18(3,4)23-17-9-8-14(2)12-15(16)17/h8-9,12,16H,6-7,10-11,13H2,1-5H3. The van der Waals surface area contributed by atoms with Gasteiger partial charge in [0.2, 0.25) is 10.0 Å². The van der Waals surface area contributed by atoms with Crippen molar-refractivity contribution in [3.05, 3.63) is 29.3 Å². The number of hydrogen-bond donors (Lipinski definition) is 0. The summed E-state index contributed by atoms with van der Waals surface area (Å²) in [5, 5.41) is 0. The molecule has 1 unspecified atom stereocenters. The lowest BCUT2D eigenvalue weighted by molar-refractivity contribution is 0.0483. The first-order valence-electron chi connectivity index (χ1n) is 8.48. The first-order valence-corrected chi connectivity index (χ1v) is 10.3. The quantitative estimate of drug-likeness (QED) is 0.704. The van der Waals surface area contributed by atoms with Crippen LogP contribution in [0.15, 0.2) is 18.2 Å². The van der Waals surface area contributed by atoms with E-state index in [1.807, 2.05) is 45.9 Å². The molecule has 0 fully saturated rings. The maximum atomic E-state index is 12.4. The van der Waals surface area contributed by atoms with Crippen LogP contribution in [0.5, 0.6) is 5.75 Å². The van der Waals surface area contributed by atoms with Gasteiger partial charge < -0.3 is 9.47 Å². The van der Waals surface area contributed by atoms with E-state index < -0.39 is 15.6 Å². The van der Waals surface area contributed by atoms with Crippen LogP contribution >= 0.6 is 0 Å². The van der Waals surface area contributed by atoms with Crippen LogP contribution in [-0.4, -0.2) is 44.3 Å². The van der Waals surface area contributed by atoms with E-state index in [9.17, 15) is 8.42 Å². The van der Waals surface area contributed by atoms with E-state index >= 15 is 0 Å². The van der Waals surface area contributed by atoms with Crippen LogP contribution in [0.2, 0.25) is 0 Å². The topological polar surface area (TPSA) is 55.8 Å². The molecule has 0 saturated carbocycles. The second-order valence-electron chi connectivity index (χ2n) is 7.05. The highest BCUT2D eigenvalue weighted by molar-refractivity contribution is 7.88. The van der Waals surface area contributed by atoms with Gasteiger partial charge in [0.15, 0.2) is 0 Å². The van der Waals surface area contributed by atoms with Crippen LogP contribution in [0.25, 0.3) is 0 Å². The van der Waals surface area contributed by atoms with Crippen molar-refractivity contribution in [3.8, 4) is 5.75 Å². The molecule has 0 bridgehead atoms. The normalized spacial score (nSPS) is 19.8. The Morgan fingerprint density at radius 3 is 2.71 bits per heavy atom. The van der Waals surface area contributed by atoms with Crippen LogP contribution in [0.1, 0.15) is 50.8 Å². The van der Waals surface area contributed by atoms with Gasteiger partial charge in [-0.05, 0) is 40.2 Å². The molecule has 6 heteroatoms. The Kier molecular flexibility index (Phi) is 5.94. The molecule has 1 heterocycles. The third kappa shape index (κ3) is 4.71. The number of sulfonamides is 1. The number of fused-ring (bicyclic) bond motifs is 1. The van der Waals surface area contributed by atoms with E-state index in [4.69, 9.17) is 9.47 Å². The molecule has 0 amide bonds. The fraction of sp³-hybridized carbons (Fsp3) is 0.667. The van der Waals surface area contributed by atoms with E-state index in [1.54, 1.807) is 4.31 Å². The van der Waals surface area contributed by atoms with Crippen molar-refractivity contribution in [2.24, 2.45) is 0 Å². The number of benzene rings is 1. The second-order valence-corrected chi connectivity index (χ2v) is 8.98. The lowest BCUT2D eigenvalue weighted by atomic mass is 9.89. The summed E-state index contributed by atoms with van der Waals surface area (Å²) in [4.78, 5) is 0. The first kappa shape index (κ1) is 19.2. The van der Waals surface area contributed by atoms with Crippen molar-refractivity contribution < 1.29 is 17.9 Å². The summed E-state index contributed by atoms with van der Waals surface area (Å²) in [6.07, 6.45) is 2.59. The fourth-order valence-electron chi connectivity index (χ4n) is 3.21. The van der Waals surface area contributed by atoms with Gasteiger partial charge in [-0.3, -0.25) is 0 Å². The smallest absolute Gasteiger partial charge is 0.211 e. The van der Waals surface area contributed by atoms with Gasteiger partial charge in [-0.25, -0.2) is 8.42 Å². The maximum absolute atomic E-state index is 12.4. The molecule has 0 radical (unpaired) electrons. The minimum absolute atomic E-state index is 0.208. The fourth-order valence-corrected chi connectivity index (χ4v) is 4.32. The van der Waals surface area contributed by atoms with Gasteiger partial charge in [0.05, 0.1) is 12.3 Å². The van der Waals surface area contributed by atoms with Crippen LogP contribution in [-0.2, 0) is 14.8 Å². The number of aryl methyl sites for hydroxylation is 1. The van der Waals surface area contributed by atoms with Gasteiger partial charge in [0, 0.05) is 31.7 Å². The Morgan fingerprint density at radius 1 is 1.38 bits per heavy atom. The molecule has 0 spiro atoms. The van der Waals surface area contributed by atoms with E-state index in [0.29, 0.717) is 32.6 Å². The molecule has 1 aliphatic heterocycles. The van der Waals surface area contributed by atoms with Crippen molar-refractivity contribution >= 4 is 10.0 Å². The molecule has 0 saturated heterocycles. The lowest BCUT2D eigenvalue weighted by Gasteiger charge is -2.41. The van der Waals surface area contributed by atoms with Crippen LogP contribution in [0.3, 0.4) is 0 Å². The summed E-state index contributed by atoms with van der Waals surface area (Å²) in [5.41, 5.74) is 1.65. The zero-order chi connectivity index (χ0) is 18.0. The molecule has 5 nitrogen and oxygen atoms in total. The van der Waals surface area contributed by atoms with Crippen LogP contribution in [0.4, 0.5) is 0 Å². The average molecular weight is 356 g/mol. The predicted octanol–water partition coefficient (Wildman–Crippen LogP) is 3.29. The molecule has 0 aromatic heterocycles. The minimum atomic E-state index is -3.34. The van der Waals surface area contributed by atoms with Crippen molar-refractivity contribution in [1.82, 2.24) is 4.31 Å². The number of rotatable bonds is 7. The lowest BCUT2D eigenvalue weighted by Crippen LogP contribution is -2.44. The average Bonchev–Trinajstić information content (AvgIpc) is 2.45. The number of ether oxygens (including phenoxy) is 2. The zero-order valence-electron chi connectivity index (χ0n) is 15.3. The molecular weight excluding hydrogens is 326 g/mol. The Morgan fingerprint density at radius 2 is 2.08 bits per heavy atom. The van der Waals surface area contributed by atoms with E-state index in [-0.39, 0.29) is 6.04 Å². The molecule has 1 atom stereocenters. The Labute approximate surface area is 146 Å². The molecule has 0 aliphatic carbocycles. The first-order chi connectivity index (χ1) is 11.1. The summed E-state index contributed by atoms with van der Waals surface area (Å²) in [6, 6.07) is 5.77. The summed E-state index contributed by atoms with van der Waals surface area (Å²) < 4.78 is 37.9. The van der Waals surface area contributed by atoms with Gasteiger partial charge in [0.1, 0.15) is 11.4 Å². The molecule has 2 rings (SSSR count). The van der Waals surface area contributed by atoms with Crippen molar-refractivity contribution in [2.75, 3.05) is 26.0 Å². The summed E-state index contributed by atoms with van der Waals surface area (Å²) in [5.74, 6) is 0.778. The SMILES string of the molecule is CCOCCCN(C1CC(C)(C)Oc2ccc(C)cc21)S(C)(=O)=O. The molecule has 136 valence electrons. The monoisotopic (exact) mass is 355 g/mol.